The maximum Gasteiger partial charge on any atom is 0.417 e. The second kappa shape index (κ2) is 7.61. The first kappa shape index (κ1) is 20.5. The van der Waals surface area contributed by atoms with E-state index < -0.39 is 11.7 Å². The number of aryl methyl sites for hydroxylation is 1. The number of amides is 1. The fraction of sp³-hybridized carbons (Fsp3) is 0.364. The lowest BCUT2D eigenvalue weighted by Crippen LogP contribution is -2.48. The molecule has 3 aromatic rings. The van der Waals surface area contributed by atoms with Gasteiger partial charge in [0, 0.05) is 24.5 Å². The predicted molar refractivity (Wildman–Crippen MR) is 109 cm³/mol. The smallest absolute Gasteiger partial charge is 0.417 e. The Morgan fingerprint density at radius 1 is 1.19 bits per heavy atom. The Morgan fingerprint density at radius 2 is 2.03 bits per heavy atom. The molecule has 0 spiro atoms. The Labute approximate surface area is 181 Å². The molecule has 3 atom stereocenters. The van der Waals surface area contributed by atoms with Gasteiger partial charge in [0.2, 0.25) is 5.89 Å². The molecule has 1 saturated carbocycles. The topological polar surface area (TPSA) is 84.2 Å². The number of fused-ring (bicyclic) bond motifs is 2. The van der Waals surface area contributed by atoms with Crippen LogP contribution in [0.3, 0.4) is 0 Å². The number of hydrogen-bond acceptors (Lipinski definition) is 6. The molecule has 2 bridgehead atoms. The summed E-state index contributed by atoms with van der Waals surface area (Å²) in [7, 11) is 0. The van der Waals surface area contributed by atoms with E-state index in [2.05, 4.69) is 20.3 Å². The van der Waals surface area contributed by atoms with Crippen LogP contribution in [0, 0.1) is 12.8 Å². The summed E-state index contributed by atoms with van der Waals surface area (Å²) in [6.07, 6.45) is 0.992. The number of halogens is 3. The molecule has 2 aliphatic rings. The van der Waals surface area contributed by atoms with Gasteiger partial charge in [-0.1, -0.05) is 0 Å². The summed E-state index contributed by atoms with van der Waals surface area (Å²) in [4.78, 5) is 27.8. The number of pyridine rings is 2. The van der Waals surface area contributed by atoms with Crippen molar-refractivity contribution in [2.24, 2.45) is 5.92 Å². The fourth-order valence-electron chi connectivity index (χ4n) is 4.64. The van der Waals surface area contributed by atoms with Gasteiger partial charge in [0.1, 0.15) is 17.8 Å². The Kier molecular flexibility index (Phi) is 4.87. The number of hydrogen-bond donors (Lipinski definition) is 1. The van der Waals surface area contributed by atoms with E-state index in [-0.39, 0.29) is 23.7 Å². The van der Waals surface area contributed by atoms with Gasteiger partial charge in [0.15, 0.2) is 0 Å². The summed E-state index contributed by atoms with van der Waals surface area (Å²) in [6.45, 7) is 2.43. The Balaban J connectivity index is 1.37. The highest BCUT2D eigenvalue weighted by atomic mass is 19.4. The molecule has 1 aliphatic carbocycles. The van der Waals surface area contributed by atoms with Crippen LogP contribution in [0.25, 0.3) is 11.5 Å². The molecule has 1 saturated heterocycles. The van der Waals surface area contributed by atoms with Gasteiger partial charge < -0.3 is 14.6 Å². The molecular formula is C22H20F3N5O2. The van der Waals surface area contributed by atoms with Gasteiger partial charge in [-0.2, -0.15) is 13.2 Å². The van der Waals surface area contributed by atoms with Gasteiger partial charge in [-0.3, -0.25) is 4.79 Å². The zero-order valence-corrected chi connectivity index (χ0v) is 17.1. The van der Waals surface area contributed by atoms with Crippen molar-refractivity contribution in [2.45, 2.75) is 38.0 Å². The third kappa shape index (κ3) is 3.69. The number of nitrogens with one attached hydrogen (secondary N) is 1. The van der Waals surface area contributed by atoms with Crippen molar-refractivity contribution in [3.63, 3.8) is 0 Å². The summed E-state index contributed by atoms with van der Waals surface area (Å²) in [5, 5.41) is 3.22. The first-order chi connectivity index (χ1) is 15.3. The molecule has 1 amide bonds. The molecule has 7 nitrogen and oxygen atoms in total. The molecule has 0 unspecified atom stereocenters. The second-order valence-electron chi connectivity index (χ2n) is 8.23. The van der Waals surface area contributed by atoms with E-state index in [1.807, 2.05) is 6.92 Å². The second-order valence-corrected chi connectivity index (χ2v) is 8.23. The van der Waals surface area contributed by atoms with Crippen LogP contribution in [0.15, 0.2) is 47.3 Å². The Bertz CT molecular complexity index is 1130. The highest BCUT2D eigenvalue weighted by Gasteiger charge is 2.47. The molecule has 3 aromatic heterocycles. The van der Waals surface area contributed by atoms with Crippen molar-refractivity contribution in [3.8, 4) is 11.5 Å². The number of oxazole rings is 1. The van der Waals surface area contributed by atoms with Crippen LogP contribution in [-0.2, 0) is 6.18 Å². The minimum absolute atomic E-state index is 0.100. The van der Waals surface area contributed by atoms with Gasteiger partial charge in [-0.15, -0.1) is 0 Å². The van der Waals surface area contributed by atoms with Gasteiger partial charge in [0.05, 0.1) is 23.4 Å². The van der Waals surface area contributed by atoms with Crippen LogP contribution in [0.2, 0.25) is 0 Å². The summed E-state index contributed by atoms with van der Waals surface area (Å²) in [5.41, 5.74) is 0.725. The van der Waals surface area contributed by atoms with Crippen molar-refractivity contribution in [3.05, 3.63) is 59.9 Å². The molecule has 32 heavy (non-hydrogen) atoms. The van der Waals surface area contributed by atoms with Crippen molar-refractivity contribution < 1.29 is 22.4 Å². The summed E-state index contributed by atoms with van der Waals surface area (Å²) in [6, 6.07) is 5.70. The van der Waals surface area contributed by atoms with Crippen LogP contribution in [0.5, 0.6) is 0 Å². The normalized spacial score (nSPS) is 22.4. The number of carbonyl (C=O) groups excluding carboxylic acids is 1. The van der Waals surface area contributed by atoms with Crippen LogP contribution in [0.1, 0.15) is 34.6 Å². The highest BCUT2D eigenvalue weighted by molar-refractivity contribution is 5.98. The molecule has 1 N–H and O–H groups in total. The molecule has 0 radical (unpaired) electrons. The van der Waals surface area contributed by atoms with E-state index in [1.165, 1.54) is 18.5 Å². The summed E-state index contributed by atoms with van der Waals surface area (Å²) < 4.78 is 43.8. The molecule has 10 heteroatoms. The first-order valence-electron chi connectivity index (χ1n) is 10.3. The molecule has 4 heterocycles. The molecule has 0 aromatic carbocycles. The van der Waals surface area contributed by atoms with E-state index in [0.717, 1.165) is 25.1 Å². The number of alkyl halides is 3. The number of likely N-dealkylation sites (tertiary alicyclic amines) is 1. The zero-order chi connectivity index (χ0) is 22.5. The number of piperidine rings is 1. The van der Waals surface area contributed by atoms with E-state index in [4.69, 9.17) is 4.42 Å². The zero-order valence-electron chi connectivity index (χ0n) is 17.1. The molecular weight excluding hydrogens is 423 g/mol. The van der Waals surface area contributed by atoms with Crippen molar-refractivity contribution in [2.75, 3.05) is 11.9 Å². The minimum atomic E-state index is -4.43. The number of anilines is 1. The van der Waals surface area contributed by atoms with Crippen molar-refractivity contribution >= 4 is 11.7 Å². The third-order valence-corrected chi connectivity index (χ3v) is 6.07. The quantitative estimate of drug-likeness (QED) is 0.652. The summed E-state index contributed by atoms with van der Waals surface area (Å²) >= 11 is 0. The average molecular weight is 443 g/mol. The molecule has 2 fully saturated rings. The number of rotatable bonds is 4. The number of carbonyl (C=O) groups is 1. The van der Waals surface area contributed by atoms with Crippen LogP contribution < -0.4 is 5.32 Å². The van der Waals surface area contributed by atoms with Crippen LogP contribution in [0.4, 0.5) is 19.0 Å². The number of nitrogens with zero attached hydrogens (tertiary/aromatic N) is 4. The third-order valence-electron chi connectivity index (χ3n) is 6.07. The fourth-order valence-corrected chi connectivity index (χ4v) is 4.64. The Morgan fingerprint density at radius 3 is 2.69 bits per heavy atom. The largest absolute Gasteiger partial charge is 0.444 e. The number of aromatic nitrogens is 3. The lowest BCUT2D eigenvalue weighted by atomic mass is 10.0. The molecule has 166 valence electrons. The van der Waals surface area contributed by atoms with Gasteiger partial charge >= 0.3 is 6.18 Å². The maximum atomic E-state index is 13.5. The van der Waals surface area contributed by atoms with E-state index in [0.29, 0.717) is 35.4 Å². The standard InChI is InChI=1S/C22H20F3N5O2/c1-12-2-4-15(20-26-6-7-32-20)19(28-12)21(31)30-11-13-8-16(17(30)9-13)29-18-5-3-14(10-27-18)22(23,24)25/h2-7,10,13,16-17H,8-9,11H2,1H3,(H,27,29)/t13-,16-,17+/m1/s1. The van der Waals surface area contributed by atoms with E-state index in [1.54, 1.807) is 17.0 Å². The van der Waals surface area contributed by atoms with E-state index >= 15 is 0 Å². The van der Waals surface area contributed by atoms with Gasteiger partial charge in [-0.25, -0.2) is 15.0 Å². The first-order valence-corrected chi connectivity index (χ1v) is 10.3. The lowest BCUT2D eigenvalue weighted by molar-refractivity contribution is -0.137. The van der Waals surface area contributed by atoms with Crippen molar-refractivity contribution in [1.82, 2.24) is 19.9 Å². The maximum absolute atomic E-state index is 13.5. The average Bonchev–Trinajstić information content (AvgIpc) is 3.50. The monoisotopic (exact) mass is 443 g/mol. The predicted octanol–water partition coefficient (Wildman–Crippen LogP) is 4.17. The van der Waals surface area contributed by atoms with Gasteiger partial charge in [0.25, 0.3) is 5.91 Å². The van der Waals surface area contributed by atoms with Gasteiger partial charge in [-0.05, 0) is 49.9 Å². The highest BCUT2D eigenvalue weighted by Crippen LogP contribution is 2.40. The van der Waals surface area contributed by atoms with Crippen molar-refractivity contribution in [1.29, 1.82) is 0 Å². The molecule has 5 rings (SSSR count). The van der Waals surface area contributed by atoms with Crippen LogP contribution >= 0.6 is 0 Å². The summed E-state index contributed by atoms with van der Waals surface area (Å²) in [5.74, 6) is 0.790. The van der Waals surface area contributed by atoms with E-state index in [9.17, 15) is 18.0 Å². The SMILES string of the molecule is Cc1ccc(-c2ncco2)c(C(=O)N2C[C@@H]3C[C@@H](Nc4ccc(C(F)(F)F)cn4)[C@@H]2C3)n1. The van der Waals surface area contributed by atoms with Crippen LogP contribution in [-0.4, -0.2) is 44.4 Å². The minimum Gasteiger partial charge on any atom is -0.444 e. The lowest BCUT2D eigenvalue weighted by Gasteiger charge is -2.34. The molecule has 1 aliphatic heterocycles. The Hall–Kier alpha value is -3.43.